The largest absolute Gasteiger partial charge is 0.368 e. The molecule has 0 saturated carbocycles. The second-order valence-corrected chi connectivity index (χ2v) is 7.44. The Labute approximate surface area is 149 Å². The predicted molar refractivity (Wildman–Crippen MR) is 101 cm³/mol. The third kappa shape index (κ3) is 3.11. The van der Waals surface area contributed by atoms with E-state index in [-0.39, 0.29) is 0 Å². The maximum atomic E-state index is 6.06. The van der Waals surface area contributed by atoms with Gasteiger partial charge in [0.15, 0.2) is 5.13 Å². The molecule has 118 valence electrons. The summed E-state index contributed by atoms with van der Waals surface area (Å²) >= 11 is 13.7. The Morgan fingerprint density at radius 1 is 0.826 bits per heavy atom. The molecule has 0 unspecified atom stereocenters. The summed E-state index contributed by atoms with van der Waals surface area (Å²) < 4.78 is 1.15. The van der Waals surface area contributed by atoms with Crippen LogP contribution in [-0.4, -0.2) is 31.2 Å². The summed E-state index contributed by atoms with van der Waals surface area (Å²) in [7, 11) is 0. The van der Waals surface area contributed by atoms with Gasteiger partial charge in [-0.15, -0.1) is 0 Å². The molecule has 2 heterocycles. The highest BCUT2D eigenvalue weighted by molar-refractivity contribution is 7.22. The molecule has 1 fully saturated rings. The summed E-state index contributed by atoms with van der Waals surface area (Å²) in [6, 6.07) is 13.9. The van der Waals surface area contributed by atoms with E-state index in [1.54, 1.807) is 11.3 Å². The molecule has 1 aliphatic rings. The van der Waals surface area contributed by atoms with Gasteiger partial charge in [-0.1, -0.05) is 34.5 Å². The quantitative estimate of drug-likeness (QED) is 0.643. The van der Waals surface area contributed by atoms with E-state index in [1.165, 1.54) is 5.69 Å². The lowest BCUT2D eigenvalue weighted by Crippen LogP contribution is -2.46. The molecule has 0 N–H and O–H groups in total. The predicted octanol–water partition coefficient (Wildman–Crippen LogP) is 4.93. The van der Waals surface area contributed by atoms with Crippen LogP contribution in [0.15, 0.2) is 42.5 Å². The fraction of sp³-hybridized carbons (Fsp3) is 0.235. The van der Waals surface area contributed by atoms with Crippen molar-refractivity contribution in [1.82, 2.24) is 4.98 Å². The van der Waals surface area contributed by atoms with Crippen molar-refractivity contribution in [1.29, 1.82) is 0 Å². The number of benzene rings is 2. The Balaban J connectivity index is 1.48. The highest BCUT2D eigenvalue weighted by atomic mass is 35.5. The van der Waals surface area contributed by atoms with Crippen LogP contribution >= 0.6 is 34.5 Å². The summed E-state index contributed by atoms with van der Waals surface area (Å²) in [6.45, 7) is 3.91. The van der Waals surface area contributed by atoms with Crippen molar-refractivity contribution >= 4 is 55.6 Å². The second kappa shape index (κ2) is 6.19. The number of nitrogens with zero attached hydrogens (tertiary/aromatic N) is 3. The van der Waals surface area contributed by atoms with Gasteiger partial charge in [-0.2, -0.15) is 0 Å². The molecule has 0 atom stereocenters. The van der Waals surface area contributed by atoms with Crippen LogP contribution in [0.3, 0.4) is 0 Å². The molecule has 3 nitrogen and oxygen atoms in total. The van der Waals surface area contributed by atoms with E-state index in [1.807, 2.05) is 30.3 Å². The van der Waals surface area contributed by atoms with Crippen LogP contribution in [0, 0.1) is 0 Å². The molecule has 0 spiro atoms. The fourth-order valence-electron chi connectivity index (χ4n) is 2.83. The Morgan fingerprint density at radius 2 is 1.48 bits per heavy atom. The highest BCUT2D eigenvalue weighted by Crippen LogP contribution is 2.31. The van der Waals surface area contributed by atoms with Crippen molar-refractivity contribution in [2.75, 3.05) is 36.0 Å². The monoisotopic (exact) mass is 363 g/mol. The minimum atomic E-state index is 0.764. The number of aromatic nitrogens is 1. The molecule has 0 bridgehead atoms. The van der Waals surface area contributed by atoms with Crippen LogP contribution in [0.2, 0.25) is 10.0 Å². The van der Waals surface area contributed by atoms with Gasteiger partial charge >= 0.3 is 0 Å². The second-order valence-electron chi connectivity index (χ2n) is 5.56. The van der Waals surface area contributed by atoms with Gasteiger partial charge in [0.25, 0.3) is 0 Å². The van der Waals surface area contributed by atoms with E-state index in [4.69, 9.17) is 28.2 Å². The molecule has 23 heavy (non-hydrogen) atoms. The highest BCUT2D eigenvalue weighted by Gasteiger charge is 2.20. The number of rotatable bonds is 2. The van der Waals surface area contributed by atoms with Crippen LogP contribution in [0.4, 0.5) is 10.8 Å². The first-order valence-corrected chi connectivity index (χ1v) is 9.08. The van der Waals surface area contributed by atoms with Gasteiger partial charge < -0.3 is 9.80 Å². The van der Waals surface area contributed by atoms with Gasteiger partial charge in [0, 0.05) is 41.9 Å². The van der Waals surface area contributed by atoms with Crippen LogP contribution in [0.25, 0.3) is 10.2 Å². The molecule has 0 aliphatic carbocycles. The fourth-order valence-corrected chi connectivity index (χ4v) is 4.25. The standard InChI is InChI=1S/C17H15Cl2N3S/c18-12-1-4-14(5-2-12)21-7-9-22(10-8-21)17-20-15-6-3-13(19)11-16(15)23-17/h1-6,11H,7-10H2. The van der Waals surface area contributed by atoms with Crippen LogP contribution in [0.5, 0.6) is 0 Å². The van der Waals surface area contributed by atoms with Gasteiger partial charge in [-0.05, 0) is 42.5 Å². The van der Waals surface area contributed by atoms with Gasteiger partial charge in [0.2, 0.25) is 0 Å². The SMILES string of the molecule is Clc1ccc(N2CCN(c3nc4ccc(Cl)cc4s3)CC2)cc1. The van der Waals surface area contributed by atoms with E-state index in [2.05, 4.69) is 21.9 Å². The minimum absolute atomic E-state index is 0.764. The average Bonchev–Trinajstić information content (AvgIpc) is 2.99. The molecule has 6 heteroatoms. The normalized spacial score (nSPS) is 15.4. The molecule has 2 aromatic carbocycles. The zero-order chi connectivity index (χ0) is 15.8. The number of piperazine rings is 1. The Bertz CT molecular complexity index is 823. The lowest BCUT2D eigenvalue weighted by atomic mass is 10.2. The molecule has 3 aromatic rings. The molecular weight excluding hydrogens is 349 g/mol. The minimum Gasteiger partial charge on any atom is -0.368 e. The number of halogens is 2. The van der Waals surface area contributed by atoms with Crippen LogP contribution in [-0.2, 0) is 0 Å². The Kier molecular flexibility index (Phi) is 4.05. The number of hydrogen-bond acceptors (Lipinski definition) is 4. The van der Waals surface area contributed by atoms with Crippen molar-refractivity contribution in [2.24, 2.45) is 0 Å². The molecule has 1 saturated heterocycles. The number of anilines is 2. The van der Waals surface area contributed by atoms with E-state index >= 15 is 0 Å². The molecule has 0 amide bonds. The van der Waals surface area contributed by atoms with E-state index in [0.29, 0.717) is 0 Å². The molecule has 1 aromatic heterocycles. The molecule has 4 rings (SSSR count). The van der Waals surface area contributed by atoms with E-state index in [9.17, 15) is 0 Å². The maximum absolute atomic E-state index is 6.06. The average molecular weight is 364 g/mol. The summed E-state index contributed by atoms with van der Waals surface area (Å²) in [5, 5.41) is 2.62. The number of fused-ring (bicyclic) bond motifs is 1. The Morgan fingerprint density at radius 3 is 2.22 bits per heavy atom. The van der Waals surface area contributed by atoms with Crippen molar-refractivity contribution in [3.63, 3.8) is 0 Å². The first-order chi connectivity index (χ1) is 11.2. The first-order valence-electron chi connectivity index (χ1n) is 7.50. The maximum Gasteiger partial charge on any atom is 0.186 e. The first kappa shape index (κ1) is 15.1. The van der Waals surface area contributed by atoms with Crippen molar-refractivity contribution < 1.29 is 0 Å². The van der Waals surface area contributed by atoms with Crippen LogP contribution in [0.1, 0.15) is 0 Å². The van der Waals surface area contributed by atoms with E-state index in [0.717, 1.165) is 51.6 Å². The van der Waals surface area contributed by atoms with Crippen LogP contribution < -0.4 is 9.80 Å². The van der Waals surface area contributed by atoms with Crippen molar-refractivity contribution in [3.05, 3.63) is 52.5 Å². The summed E-state index contributed by atoms with van der Waals surface area (Å²) in [5.41, 5.74) is 2.25. The van der Waals surface area contributed by atoms with Crippen molar-refractivity contribution in [3.8, 4) is 0 Å². The molecule has 1 aliphatic heterocycles. The van der Waals surface area contributed by atoms with Gasteiger partial charge in [-0.25, -0.2) is 4.98 Å². The summed E-state index contributed by atoms with van der Waals surface area (Å²) in [6.07, 6.45) is 0. The van der Waals surface area contributed by atoms with Gasteiger partial charge in [0.1, 0.15) is 0 Å². The topological polar surface area (TPSA) is 19.4 Å². The van der Waals surface area contributed by atoms with Gasteiger partial charge in [0.05, 0.1) is 10.2 Å². The zero-order valence-electron chi connectivity index (χ0n) is 12.4. The van der Waals surface area contributed by atoms with Gasteiger partial charge in [-0.3, -0.25) is 0 Å². The van der Waals surface area contributed by atoms with E-state index < -0.39 is 0 Å². The smallest absolute Gasteiger partial charge is 0.186 e. The molecular formula is C17H15Cl2N3S. The lowest BCUT2D eigenvalue weighted by molar-refractivity contribution is 0.652. The lowest BCUT2D eigenvalue weighted by Gasteiger charge is -2.36. The summed E-state index contributed by atoms with van der Waals surface area (Å²) in [5.74, 6) is 0. The summed E-state index contributed by atoms with van der Waals surface area (Å²) in [4.78, 5) is 9.47. The van der Waals surface area contributed by atoms with Crippen molar-refractivity contribution in [2.45, 2.75) is 0 Å². The third-order valence-corrected chi connectivity index (χ3v) is 5.65. The third-order valence-electron chi connectivity index (χ3n) is 4.08. The Hall–Kier alpha value is -1.49. The zero-order valence-corrected chi connectivity index (χ0v) is 14.7. The number of hydrogen-bond donors (Lipinski definition) is 0. The molecule has 0 radical (unpaired) electrons. The number of thiazole rings is 1.